The summed E-state index contributed by atoms with van der Waals surface area (Å²) in [4.78, 5) is 43.2. The van der Waals surface area contributed by atoms with Crippen LogP contribution in [0.15, 0.2) is 0 Å². The van der Waals surface area contributed by atoms with Gasteiger partial charge in [-0.3, -0.25) is 9.59 Å². The molecule has 19 heavy (non-hydrogen) atoms. The Labute approximate surface area is 110 Å². The largest absolute Gasteiger partial charge is 0.480 e. The molecule has 8 nitrogen and oxygen atoms in total. The smallest absolute Gasteiger partial charge is 0.326 e. The highest BCUT2D eigenvalue weighted by molar-refractivity contribution is 5.82. The first-order valence-corrected chi connectivity index (χ1v) is 5.73. The van der Waals surface area contributed by atoms with Gasteiger partial charge in [0.2, 0.25) is 11.8 Å². The molecule has 0 aliphatic carbocycles. The predicted octanol–water partition coefficient (Wildman–Crippen LogP) is -0.665. The van der Waals surface area contributed by atoms with E-state index in [0.717, 1.165) is 0 Å². The van der Waals surface area contributed by atoms with Crippen molar-refractivity contribution in [3.63, 3.8) is 0 Å². The van der Waals surface area contributed by atoms with Gasteiger partial charge in [0.15, 0.2) is 0 Å². The molecule has 2 atom stereocenters. The zero-order valence-corrected chi connectivity index (χ0v) is 10.8. The van der Waals surface area contributed by atoms with E-state index in [9.17, 15) is 19.2 Å². The fraction of sp³-hybridized carbons (Fsp3) is 0.636. The lowest BCUT2D eigenvalue weighted by Gasteiger charge is -2.16. The second-order valence-corrected chi connectivity index (χ2v) is 4.11. The van der Waals surface area contributed by atoms with Gasteiger partial charge in [0.05, 0.1) is 0 Å². The van der Waals surface area contributed by atoms with Gasteiger partial charge in [0.1, 0.15) is 12.1 Å². The lowest BCUT2D eigenvalue weighted by atomic mass is 10.1. The van der Waals surface area contributed by atoms with Crippen LogP contribution in [0.25, 0.3) is 0 Å². The van der Waals surface area contributed by atoms with Gasteiger partial charge >= 0.3 is 11.9 Å². The van der Waals surface area contributed by atoms with Gasteiger partial charge in [-0.15, -0.1) is 0 Å². The SMILES string of the molecule is CC(=O)NC(CCCC(NC(C)=O)C(=O)O)C(=O)O. The predicted molar refractivity (Wildman–Crippen MR) is 64.3 cm³/mol. The molecule has 0 aliphatic rings. The molecular weight excluding hydrogens is 256 g/mol. The van der Waals surface area contributed by atoms with Crippen molar-refractivity contribution in [2.24, 2.45) is 0 Å². The molecule has 2 unspecified atom stereocenters. The molecule has 0 bridgehead atoms. The molecule has 0 aromatic heterocycles. The van der Waals surface area contributed by atoms with Crippen LogP contribution in [-0.4, -0.2) is 46.0 Å². The molecule has 0 saturated heterocycles. The summed E-state index contributed by atoms with van der Waals surface area (Å²) in [6.45, 7) is 2.40. The van der Waals surface area contributed by atoms with Crippen molar-refractivity contribution < 1.29 is 29.4 Å². The standard InChI is InChI=1S/C11H18N2O6/c1-6(14)12-8(10(16)17)4-3-5-9(11(18)19)13-7(2)15/h8-9H,3-5H2,1-2H3,(H,12,14)(H,13,15)(H,16,17)(H,18,19). The van der Waals surface area contributed by atoms with E-state index in [0.29, 0.717) is 0 Å². The minimum absolute atomic E-state index is 0.0955. The van der Waals surface area contributed by atoms with Crippen LogP contribution in [0.3, 0.4) is 0 Å². The number of carbonyl (C=O) groups is 4. The third-order valence-corrected chi connectivity index (χ3v) is 2.34. The van der Waals surface area contributed by atoms with Gasteiger partial charge in [-0.25, -0.2) is 9.59 Å². The van der Waals surface area contributed by atoms with Crippen molar-refractivity contribution in [2.45, 2.75) is 45.2 Å². The van der Waals surface area contributed by atoms with Gasteiger partial charge < -0.3 is 20.8 Å². The number of nitrogens with one attached hydrogen (secondary N) is 2. The van der Waals surface area contributed by atoms with Gasteiger partial charge in [0.25, 0.3) is 0 Å². The maximum atomic E-state index is 10.8. The van der Waals surface area contributed by atoms with Crippen LogP contribution >= 0.6 is 0 Å². The Hall–Kier alpha value is -2.12. The van der Waals surface area contributed by atoms with E-state index in [-0.39, 0.29) is 19.3 Å². The van der Waals surface area contributed by atoms with E-state index in [1.54, 1.807) is 0 Å². The fourth-order valence-electron chi connectivity index (χ4n) is 1.53. The zero-order chi connectivity index (χ0) is 15.0. The second-order valence-electron chi connectivity index (χ2n) is 4.11. The van der Waals surface area contributed by atoms with Crippen molar-refractivity contribution >= 4 is 23.8 Å². The molecule has 0 aromatic rings. The van der Waals surface area contributed by atoms with E-state index in [2.05, 4.69) is 10.6 Å². The molecule has 0 rings (SSSR count). The molecule has 108 valence electrons. The first-order chi connectivity index (χ1) is 8.73. The van der Waals surface area contributed by atoms with Crippen LogP contribution in [0, 0.1) is 0 Å². The lowest BCUT2D eigenvalue weighted by molar-refractivity contribution is -0.142. The van der Waals surface area contributed by atoms with E-state index in [1.807, 2.05) is 0 Å². The summed E-state index contributed by atoms with van der Waals surface area (Å²) in [5.41, 5.74) is 0. The lowest BCUT2D eigenvalue weighted by Crippen LogP contribution is -2.41. The summed E-state index contributed by atoms with van der Waals surface area (Å²) in [5.74, 6) is -3.30. The molecule has 4 N–H and O–H groups in total. The molecule has 0 radical (unpaired) electrons. The highest BCUT2D eigenvalue weighted by Crippen LogP contribution is 2.05. The Kier molecular flexibility index (Phi) is 7.16. The number of amides is 2. The minimum Gasteiger partial charge on any atom is -0.480 e. The number of hydrogen-bond acceptors (Lipinski definition) is 4. The maximum absolute atomic E-state index is 10.8. The molecule has 0 aliphatic heterocycles. The van der Waals surface area contributed by atoms with Crippen molar-refractivity contribution in [1.82, 2.24) is 10.6 Å². The Balaban J connectivity index is 4.28. The third kappa shape index (κ3) is 7.74. The van der Waals surface area contributed by atoms with Gasteiger partial charge in [-0.1, -0.05) is 0 Å². The topological polar surface area (TPSA) is 133 Å². The number of carboxylic acids is 2. The Bertz CT molecular complexity index is 334. The average molecular weight is 274 g/mol. The van der Waals surface area contributed by atoms with Crippen LogP contribution in [0.2, 0.25) is 0 Å². The second kappa shape index (κ2) is 8.06. The third-order valence-electron chi connectivity index (χ3n) is 2.34. The van der Waals surface area contributed by atoms with Crippen LogP contribution in [0.4, 0.5) is 0 Å². The number of aliphatic carboxylic acids is 2. The molecular formula is C11H18N2O6. The Morgan fingerprint density at radius 3 is 1.37 bits per heavy atom. The Morgan fingerprint density at radius 1 is 0.842 bits per heavy atom. The van der Waals surface area contributed by atoms with E-state index >= 15 is 0 Å². The average Bonchev–Trinajstić information content (AvgIpc) is 2.24. The molecule has 0 spiro atoms. The molecule has 8 heteroatoms. The molecule has 0 aromatic carbocycles. The number of rotatable bonds is 8. The summed E-state index contributed by atoms with van der Waals surface area (Å²) >= 11 is 0. The molecule has 0 fully saturated rings. The van der Waals surface area contributed by atoms with Gasteiger partial charge in [-0.2, -0.15) is 0 Å². The first-order valence-electron chi connectivity index (χ1n) is 5.73. The first kappa shape index (κ1) is 16.9. The maximum Gasteiger partial charge on any atom is 0.326 e. The summed E-state index contributed by atoms with van der Waals surface area (Å²) in [5, 5.41) is 22.2. The highest BCUT2D eigenvalue weighted by Gasteiger charge is 2.21. The summed E-state index contributed by atoms with van der Waals surface area (Å²) in [6.07, 6.45) is 0.436. The van der Waals surface area contributed by atoms with Crippen molar-refractivity contribution in [3.8, 4) is 0 Å². The zero-order valence-electron chi connectivity index (χ0n) is 10.8. The van der Waals surface area contributed by atoms with E-state index < -0.39 is 35.8 Å². The summed E-state index contributed by atoms with van der Waals surface area (Å²) in [7, 11) is 0. The number of hydrogen-bond donors (Lipinski definition) is 4. The number of carbonyl (C=O) groups excluding carboxylic acids is 2. The van der Waals surface area contributed by atoms with Crippen LogP contribution < -0.4 is 10.6 Å². The molecule has 0 saturated carbocycles. The van der Waals surface area contributed by atoms with Gasteiger partial charge in [0, 0.05) is 13.8 Å². The summed E-state index contributed by atoms with van der Waals surface area (Å²) in [6, 6.07) is -2.10. The van der Waals surface area contributed by atoms with Crippen molar-refractivity contribution in [1.29, 1.82) is 0 Å². The summed E-state index contributed by atoms with van der Waals surface area (Å²) < 4.78 is 0. The van der Waals surface area contributed by atoms with Crippen molar-refractivity contribution in [3.05, 3.63) is 0 Å². The fourth-order valence-corrected chi connectivity index (χ4v) is 1.53. The highest BCUT2D eigenvalue weighted by atomic mass is 16.4. The molecule has 2 amide bonds. The van der Waals surface area contributed by atoms with E-state index in [4.69, 9.17) is 10.2 Å². The normalized spacial score (nSPS) is 13.2. The van der Waals surface area contributed by atoms with Crippen LogP contribution in [-0.2, 0) is 19.2 Å². The minimum atomic E-state index is -1.18. The van der Waals surface area contributed by atoms with E-state index in [1.165, 1.54) is 13.8 Å². The quantitative estimate of drug-likeness (QED) is 0.464. The van der Waals surface area contributed by atoms with Crippen molar-refractivity contribution in [2.75, 3.05) is 0 Å². The Morgan fingerprint density at radius 2 is 1.16 bits per heavy atom. The number of carboxylic acid groups (broad SMARTS) is 2. The monoisotopic (exact) mass is 274 g/mol. The van der Waals surface area contributed by atoms with Crippen LogP contribution in [0.5, 0.6) is 0 Å². The molecule has 0 heterocycles. The van der Waals surface area contributed by atoms with Crippen LogP contribution in [0.1, 0.15) is 33.1 Å². The van der Waals surface area contributed by atoms with Gasteiger partial charge in [-0.05, 0) is 19.3 Å².